The highest BCUT2D eigenvalue weighted by Crippen LogP contribution is 2.46. The van der Waals surface area contributed by atoms with Crippen LogP contribution in [0.1, 0.15) is 5.56 Å². The van der Waals surface area contributed by atoms with Gasteiger partial charge in [0, 0.05) is 27.3 Å². The maximum atomic E-state index is 14.3. The van der Waals surface area contributed by atoms with Gasteiger partial charge in [-0.2, -0.15) is 0 Å². The Labute approximate surface area is 177 Å². The van der Waals surface area contributed by atoms with Crippen molar-refractivity contribution in [1.29, 1.82) is 0 Å². The number of benzene rings is 3. The predicted molar refractivity (Wildman–Crippen MR) is 123 cm³/mol. The first-order chi connectivity index (χ1) is 12.2. The van der Waals surface area contributed by atoms with Gasteiger partial charge in [-0.3, -0.25) is 0 Å². The zero-order valence-electron chi connectivity index (χ0n) is 13.6. The lowest BCUT2D eigenvalue weighted by Gasteiger charge is -2.21. The van der Waals surface area contributed by atoms with Gasteiger partial charge < -0.3 is 16.0 Å². The number of hydrogen-bond donors (Lipinski definition) is 2. The summed E-state index contributed by atoms with van der Waals surface area (Å²) in [6.07, 6.45) is 0. The zero-order chi connectivity index (χ0) is 18.9. The number of halogens is 3. The summed E-state index contributed by atoms with van der Waals surface area (Å²) in [5.74, 6) is 0. The molecule has 0 unspecified atom stereocenters. The van der Waals surface area contributed by atoms with E-state index in [0.29, 0.717) is 11.4 Å². The highest BCUT2D eigenvalue weighted by molar-refractivity contribution is 9.38. The lowest BCUT2D eigenvalue weighted by atomic mass is 10.2. The van der Waals surface area contributed by atoms with Gasteiger partial charge in [0.2, 0.25) is 0 Å². The average Bonchev–Trinajstić information content (AvgIpc) is 2.61. The van der Waals surface area contributed by atoms with Crippen LogP contribution in [-0.2, 0) is 6.71 Å². The van der Waals surface area contributed by atoms with Gasteiger partial charge in [-0.25, -0.2) is 0 Å². The normalized spacial score (nSPS) is 12.1. The highest BCUT2D eigenvalue weighted by atomic mass is 80.0. The van der Waals surface area contributed by atoms with Crippen molar-refractivity contribution in [3.05, 3.63) is 78.4 Å². The minimum Gasteiger partial charge on any atom is -0.399 e. The fraction of sp³-hybridized carbons (Fsp3) is 0.0526. The van der Waals surface area contributed by atoms with E-state index in [1.54, 1.807) is 24.3 Å². The molecular formula is C19H16Br3N2OP. The monoisotopic (exact) mass is 556 g/mol. The number of nitrogens with two attached hydrogens (primary N) is 2. The average molecular weight is 559 g/mol. The van der Waals surface area contributed by atoms with E-state index in [9.17, 15) is 4.57 Å². The van der Waals surface area contributed by atoms with E-state index in [1.807, 2.05) is 48.5 Å². The quantitative estimate of drug-likeness (QED) is 0.276. The number of hydrogen-bond acceptors (Lipinski definition) is 3. The van der Waals surface area contributed by atoms with Crippen LogP contribution in [0.5, 0.6) is 0 Å². The number of rotatable bonds is 3. The van der Waals surface area contributed by atoms with E-state index < -0.39 is 9.28 Å². The highest BCUT2D eigenvalue weighted by Gasteiger charge is 2.30. The molecule has 0 aliphatic heterocycles. The van der Waals surface area contributed by atoms with Crippen LogP contribution in [0.15, 0.2) is 72.8 Å². The molecule has 4 N–H and O–H groups in total. The molecule has 26 heavy (non-hydrogen) atoms. The van der Waals surface area contributed by atoms with E-state index in [-0.39, 0.29) is 0 Å². The largest absolute Gasteiger partial charge is 0.399 e. The lowest BCUT2D eigenvalue weighted by molar-refractivity contribution is 0.592. The first-order valence-corrected chi connectivity index (χ1v) is 11.8. The van der Waals surface area contributed by atoms with Crippen LogP contribution >= 0.6 is 54.9 Å². The van der Waals surface area contributed by atoms with Gasteiger partial charge in [0.15, 0.2) is 9.28 Å². The molecule has 7 heteroatoms. The Kier molecular flexibility index (Phi) is 5.69. The summed E-state index contributed by atoms with van der Waals surface area (Å²) in [7, 11) is -3.05. The SMILES string of the molecule is Nc1ccc(P(=O)(c2ccc(N)cc2)c2ccc(C(Br)(Br)Br)cc2)cc1. The summed E-state index contributed by atoms with van der Waals surface area (Å²) in [5.41, 5.74) is 13.9. The van der Waals surface area contributed by atoms with Crippen molar-refractivity contribution in [2.45, 2.75) is 2.14 Å². The Hall–Kier alpha value is -1.07. The molecule has 0 saturated heterocycles. The number of alkyl halides is 3. The summed E-state index contributed by atoms with van der Waals surface area (Å²) in [4.78, 5) is 0. The molecule has 134 valence electrons. The van der Waals surface area contributed by atoms with Gasteiger partial charge in [-0.1, -0.05) is 72.1 Å². The molecule has 0 amide bonds. The molecule has 3 aromatic rings. The maximum absolute atomic E-state index is 14.3. The molecule has 0 aliphatic carbocycles. The van der Waals surface area contributed by atoms with Crippen LogP contribution in [0.3, 0.4) is 0 Å². The Balaban J connectivity index is 2.19. The molecule has 0 bridgehead atoms. The molecule has 0 aliphatic rings. The third kappa shape index (κ3) is 3.94. The van der Waals surface area contributed by atoms with Crippen molar-refractivity contribution >= 4 is 82.2 Å². The van der Waals surface area contributed by atoms with Crippen molar-refractivity contribution in [3.63, 3.8) is 0 Å². The van der Waals surface area contributed by atoms with Crippen LogP contribution in [0, 0.1) is 0 Å². The van der Waals surface area contributed by atoms with Gasteiger partial charge in [0.05, 0.1) is 0 Å². The first kappa shape index (κ1) is 19.7. The number of nitrogen functional groups attached to an aromatic ring is 2. The standard InChI is InChI=1S/C19H16Br3N2OP/c20-19(21,22)13-1-7-16(8-2-13)26(25,17-9-3-14(23)4-10-17)18-11-5-15(24)6-12-18/h1-12H,23-24H2. The molecule has 3 nitrogen and oxygen atoms in total. The predicted octanol–water partition coefficient (Wildman–Crippen LogP) is 4.79. The van der Waals surface area contributed by atoms with Gasteiger partial charge in [0.25, 0.3) is 0 Å². The molecule has 0 aromatic heterocycles. The minimum atomic E-state index is -3.05. The Bertz CT molecular complexity index is 901. The second kappa shape index (κ2) is 7.51. The summed E-state index contributed by atoms with van der Waals surface area (Å²) in [6.45, 7) is 0. The van der Waals surface area contributed by atoms with Crippen LogP contribution in [0.2, 0.25) is 0 Å². The molecule has 0 saturated carbocycles. The molecule has 0 radical (unpaired) electrons. The van der Waals surface area contributed by atoms with Crippen LogP contribution in [0.25, 0.3) is 0 Å². The van der Waals surface area contributed by atoms with Crippen molar-refractivity contribution < 1.29 is 4.57 Å². The fourth-order valence-corrected chi connectivity index (χ4v) is 6.07. The third-order valence-electron chi connectivity index (χ3n) is 4.07. The Morgan fingerprint density at radius 2 is 0.923 bits per heavy atom. The lowest BCUT2D eigenvalue weighted by Crippen LogP contribution is -2.25. The third-order valence-corrected chi connectivity index (χ3v) is 8.52. The van der Waals surface area contributed by atoms with E-state index in [2.05, 4.69) is 47.8 Å². The van der Waals surface area contributed by atoms with E-state index >= 15 is 0 Å². The molecule has 3 rings (SSSR count). The van der Waals surface area contributed by atoms with Crippen molar-refractivity contribution in [3.8, 4) is 0 Å². The molecule has 0 fully saturated rings. The van der Waals surface area contributed by atoms with Crippen LogP contribution in [-0.4, -0.2) is 0 Å². The molecular weight excluding hydrogens is 543 g/mol. The summed E-state index contributed by atoms with van der Waals surface area (Å²) < 4.78 is 13.8. The number of anilines is 2. The van der Waals surface area contributed by atoms with Crippen molar-refractivity contribution in [2.24, 2.45) is 0 Å². The second-order valence-electron chi connectivity index (χ2n) is 5.84. The van der Waals surface area contributed by atoms with Crippen LogP contribution in [0.4, 0.5) is 11.4 Å². The molecule has 0 heterocycles. The van der Waals surface area contributed by atoms with Crippen molar-refractivity contribution in [2.75, 3.05) is 11.5 Å². The van der Waals surface area contributed by atoms with Gasteiger partial charge >= 0.3 is 0 Å². The van der Waals surface area contributed by atoms with Gasteiger partial charge in [0.1, 0.15) is 0 Å². The first-order valence-electron chi connectivity index (χ1n) is 7.71. The minimum absolute atomic E-state index is 0.516. The van der Waals surface area contributed by atoms with Crippen LogP contribution < -0.4 is 27.4 Å². The van der Waals surface area contributed by atoms with Gasteiger partial charge in [-0.15, -0.1) is 0 Å². The fourth-order valence-electron chi connectivity index (χ4n) is 2.68. The molecule has 0 atom stereocenters. The zero-order valence-corrected chi connectivity index (χ0v) is 19.2. The Morgan fingerprint density at radius 3 is 1.23 bits per heavy atom. The summed E-state index contributed by atoms with van der Waals surface area (Å²) in [6, 6.07) is 22.0. The summed E-state index contributed by atoms with van der Waals surface area (Å²) in [5, 5.41) is 2.20. The van der Waals surface area contributed by atoms with E-state index in [4.69, 9.17) is 11.5 Å². The topological polar surface area (TPSA) is 69.1 Å². The second-order valence-corrected chi connectivity index (χ2v) is 15.4. The maximum Gasteiger partial charge on any atom is 0.171 e. The molecule has 0 spiro atoms. The van der Waals surface area contributed by atoms with Crippen molar-refractivity contribution in [1.82, 2.24) is 0 Å². The summed E-state index contributed by atoms with van der Waals surface area (Å²) >= 11 is 10.5. The van der Waals surface area contributed by atoms with E-state index in [0.717, 1.165) is 21.5 Å². The van der Waals surface area contributed by atoms with E-state index in [1.165, 1.54) is 0 Å². The smallest absolute Gasteiger partial charge is 0.171 e. The Morgan fingerprint density at radius 1 is 0.615 bits per heavy atom. The molecule has 3 aromatic carbocycles. The van der Waals surface area contributed by atoms with Gasteiger partial charge in [-0.05, 0) is 54.1 Å².